The number of halogens is 5. The normalized spacial score (nSPS) is 13.7. The molecule has 0 saturated carbocycles. The summed E-state index contributed by atoms with van der Waals surface area (Å²) in [4.78, 5) is 27.5. The molecule has 11 heteroatoms. The average molecular weight is 447 g/mol. The maximum absolute atomic E-state index is 14.5. The van der Waals surface area contributed by atoms with E-state index in [2.05, 4.69) is 4.99 Å². The standard InChI is InChI=1S/C18H11ClF4N2O3S/c1-8(16(27)28)25-12-6-5-11(18(21,22)23)13(20)14(12)29-17(25)24-15(26)9-3-2-4-10(19)7-9/h2-8H,1H3,(H,27,28). The fourth-order valence-electron chi connectivity index (χ4n) is 2.63. The number of hydrogen-bond donors (Lipinski definition) is 1. The number of aliphatic carboxylic acids is 1. The molecule has 152 valence electrons. The molecule has 1 N–H and O–H groups in total. The van der Waals surface area contributed by atoms with Gasteiger partial charge in [0.2, 0.25) is 0 Å². The van der Waals surface area contributed by atoms with Crippen LogP contribution in [-0.4, -0.2) is 21.6 Å². The van der Waals surface area contributed by atoms with Gasteiger partial charge < -0.3 is 9.67 Å². The number of alkyl halides is 3. The van der Waals surface area contributed by atoms with Crippen molar-refractivity contribution in [2.75, 3.05) is 0 Å². The van der Waals surface area contributed by atoms with Gasteiger partial charge in [0, 0.05) is 10.6 Å². The lowest BCUT2D eigenvalue weighted by molar-refractivity contribution is -0.141. The van der Waals surface area contributed by atoms with Crippen molar-refractivity contribution in [3.63, 3.8) is 0 Å². The maximum atomic E-state index is 14.5. The summed E-state index contributed by atoms with van der Waals surface area (Å²) >= 11 is 6.29. The van der Waals surface area contributed by atoms with Crippen molar-refractivity contribution < 1.29 is 32.3 Å². The summed E-state index contributed by atoms with van der Waals surface area (Å²) in [5, 5.41) is 9.60. The largest absolute Gasteiger partial charge is 0.480 e. The first-order valence-electron chi connectivity index (χ1n) is 7.99. The molecule has 1 amide bonds. The minimum absolute atomic E-state index is 0.0842. The highest BCUT2D eigenvalue weighted by Gasteiger charge is 2.36. The number of carbonyl (C=O) groups excluding carboxylic acids is 1. The Kier molecular flexibility index (Phi) is 5.50. The van der Waals surface area contributed by atoms with E-state index in [0.29, 0.717) is 17.4 Å². The second-order valence-corrected chi connectivity index (χ2v) is 7.38. The number of aromatic nitrogens is 1. The highest BCUT2D eigenvalue weighted by atomic mass is 35.5. The smallest absolute Gasteiger partial charge is 0.419 e. The van der Waals surface area contributed by atoms with Gasteiger partial charge in [-0.2, -0.15) is 18.2 Å². The van der Waals surface area contributed by atoms with Crippen LogP contribution in [-0.2, 0) is 11.0 Å². The summed E-state index contributed by atoms with van der Waals surface area (Å²) in [5.41, 5.74) is -1.52. The molecule has 29 heavy (non-hydrogen) atoms. The van der Waals surface area contributed by atoms with Gasteiger partial charge in [-0.3, -0.25) is 4.79 Å². The number of carbonyl (C=O) groups is 2. The molecule has 3 aromatic rings. The summed E-state index contributed by atoms with van der Waals surface area (Å²) in [6, 6.07) is 5.94. The Hall–Kier alpha value is -2.72. The van der Waals surface area contributed by atoms with Gasteiger partial charge in [-0.1, -0.05) is 29.0 Å². The Bertz CT molecular complexity index is 1200. The number of amides is 1. The lowest BCUT2D eigenvalue weighted by Crippen LogP contribution is -2.25. The Morgan fingerprint density at radius 3 is 2.52 bits per heavy atom. The molecule has 0 bridgehead atoms. The van der Waals surface area contributed by atoms with E-state index in [-0.39, 0.29) is 20.9 Å². The number of carboxylic acid groups (broad SMARTS) is 1. The van der Waals surface area contributed by atoms with Crippen molar-refractivity contribution in [3.8, 4) is 0 Å². The molecular weight excluding hydrogens is 436 g/mol. The van der Waals surface area contributed by atoms with Gasteiger partial charge in [-0.15, -0.1) is 0 Å². The van der Waals surface area contributed by atoms with Crippen LogP contribution in [0.1, 0.15) is 28.9 Å². The molecule has 3 rings (SSSR count). The molecular formula is C18H11ClF4N2O3S. The van der Waals surface area contributed by atoms with Gasteiger partial charge in [0.05, 0.1) is 15.8 Å². The fraction of sp³-hybridized carbons (Fsp3) is 0.167. The van der Waals surface area contributed by atoms with Crippen LogP contribution >= 0.6 is 22.9 Å². The number of nitrogens with zero attached hydrogens (tertiary/aromatic N) is 2. The molecule has 0 aliphatic carbocycles. The van der Waals surface area contributed by atoms with Crippen molar-refractivity contribution in [1.29, 1.82) is 0 Å². The molecule has 0 saturated heterocycles. The van der Waals surface area contributed by atoms with Gasteiger partial charge in [-0.05, 0) is 37.3 Å². The molecule has 0 aliphatic rings. The van der Waals surface area contributed by atoms with Crippen molar-refractivity contribution in [1.82, 2.24) is 4.57 Å². The van der Waals surface area contributed by atoms with Crippen LogP contribution in [0.2, 0.25) is 5.02 Å². The molecule has 5 nitrogen and oxygen atoms in total. The maximum Gasteiger partial charge on any atom is 0.419 e. The Labute approximate surface area is 169 Å². The number of carboxylic acids is 1. The lowest BCUT2D eigenvalue weighted by Gasteiger charge is -2.12. The monoisotopic (exact) mass is 446 g/mol. The Balaban J connectivity index is 2.30. The second-order valence-electron chi connectivity index (χ2n) is 5.97. The van der Waals surface area contributed by atoms with E-state index in [1.807, 2.05) is 0 Å². The van der Waals surface area contributed by atoms with Crippen LogP contribution in [0.15, 0.2) is 41.4 Å². The van der Waals surface area contributed by atoms with Gasteiger partial charge in [0.15, 0.2) is 10.6 Å². The Morgan fingerprint density at radius 1 is 1.24 bits per heavy atom. The first kappa shape index (κ1) is 21.0. The van der Waals surface area contributed by atoms with E-state index >= 15 is 0 Å². The second kappa shape index (κ2) is 7.60. The molecule has 0 radical (unpaired) electrons. The van der Waals surface area contributed by atoms with Crippen LogP contribution in [0.4, 0.5) is 17.6 Å². The Morgan fingerprint density at radius 2 is 1.93 bits per heavy atom. The summed E-state index contributed by atoms with van der Waals surface area (Å²) in [5.74, 6) is -3.69. The predicted octanol–water partition coefficient (Wildman–Crippen LogP) is 4.90. The van der Waals surface area contributed by atoms with Crippen LogP contribution in [0.25, 0.3) is 10.2 Å². The van der Waals surface area contributed by atoms with Crippen LogP contribution in [0.3, 0.4) is 0 Å². The van der Waals surface area contributed by atoms with Crippen molar-refractivity contribution in [2.45, 2.75) is 19.1 Å². The highest BCUT2D eigenvalue weighted by Crippen LogP contribution is 2.36. The SMILES string of the molecule is CC(C(=O)O)n1c(=NC(=O)c2cccc(Cl)c2)sc2c(F)c(C(F)(F)F)ccc21. The summed E-state index contributed by atoms with van der Waals surface area (Å²) in [6.07, 6.45) is -4.93. The number of benzene rings is 2. The molecule has 2 aromatic carbocycles. The molecule has 1 atom stereocenters. The molecule has 1 aromatic heterocycles. The number of rotatable bonds is 3. The van der Waals surface area contributed by atoms with E-state index in [4.69, 9.17) is 11.6 Å². The third-order valence-electron chi connectivity index (χ3n) is 4.05. The molecule has 0 aliphatic heterocycles. The average Bonchev–Trinajstić information content (AvgIpc) is 2.99. The summed E-state index contributed by atoms with van der Waals surface area (Å²) in [6.45, 7) is 1.24. The number of thiazole rings is 1. The van der Waals surface area contributed by atoms with Gasteiger partial charge >= 0.3 is 12.1 Å². The van der Waals surface area contributed by atoms with E-state index in [1.165, 1.54) is 31.2 Å². The number of hydrogen-bond acceptors (Lipinski definition) is 3. The van der Waals surface area contributed by atoms with E-state index < -0.39 is 40.2 Å². The zero-order valence-electron chi connectivity index (χ0n) is 14.5. The quantitative estimate of drug-likeness (QED) is 0.582. The minimum atomic E-state index is -4.93. The first-order chi connectivity index (χ1) is 13.5. The van der Waals surface area contributed by atoms with Crippen LogP contribution in [0, 0.1) is 5.82 Å². The van der Waals surface area contributed by atoms with Gasteiger partial charge in [0.25, 0.3) is 5.91 Å². The molecule has 1 heterocycles. The third-order valence-corrected chi connectivity index (χ3v) is 5.35. The summed E-state index contributed by atoms with van der Waals surface area (Å²) in [7, 11) is 0. The zero-order chi connectivity index (χ0) is 21.5. The van der Waals surface area contributed by atoms with Gasteiger partial charge in [0.1, 0.15) is 6.04 Å². The van der Waals surface area contributed by atoms with Crippen LogP contribution in [0.5, 0.6) is 0 Å². The molecule has 1 unspecified atom stereocenters. The molecule has 0 spiro atoms. The lowest BCUT2D eigenvalue weighted by atomic mass is 10.2. The first-order valence-corrected chi connectivity index (χ1v) is 9.18. The third kappa shape index (κ3) is 4.03. The van der Waals surface area contributed by atoms with Crippen molar-refractivity contribution in [2.24, 2.45) is 4.99 Å². The minimum Gasteiger partial charge on any atom is -0.480 e. The van der Waals surface area contributed by atoms with Crippen molar-refractivity contribution in [3.05, 3.63) is 63.2 Å². The van der Waals surface area contributed by atoms with E-state index in [0.717, 1.165) is 10.6 Å². The van der Waals surface area contributed by atoms with Crippen LogP contribution < -0.4 is 4.80 Å². The fourth-order valence-corrected chi connectivity index (χ4v) is 3.96. The highest BCUT2D eigenvalue weighted by molar-refractivity contribution is 7.16. The predicted molar refractivity (Wildman–Crippen MR) is 98.5 cm³/mol. The molecule has 0 fully saturated rings. The topological polar surface area (TPSA) is 71.7 Å². The van der Waals surface area contributed by atoms with E-state index in [9.17, 15) is 32.3 Å². The summed E-state index contributed by atoms with van der Waals surface area (Å²) < 4.78 is 54.1. The zero-order valence-corrected chi connectivity index (χ0v) is 16.1. The number of fused-ring (bicyclic) bond motifs is 1. The van der Waals surface area contributed by atoms with Crippen molar-refractivity contribution >= 4 is 45.0 Å². The van der Waals surface area contributed by atoms with Gasteiger partial charge in [-0.25, -0.2) is 9.18 Å². The van der Waals surface area contributed by atoms with E-state index in [1.54, 1.807) is 0 Å².